The molecule has 0 saturated heterocycles. The highest BCUT2D eigenvalue weighted by atomic mass is 28.3. The normalized spacial score (nSPS) is 14.2. The average molecular weight is 485 g/mol. The van der Waals surface area contributed by atoms with E-state index in [1.165, 1.54) is 25.3 Å². The van der Waals surface area contributed by atoms with Gasteiger partial charge in [-0.15, -0.1) is 13.2 Å². The number of hydrogen-bond donors (Lipinski definition) is 1. The molecule has 9 heteroatoms. The Morgan fingerprint density at radius 1 is 1.12 bits per heavy atom. The third-order valence-corrected chi connectivity index (χ3v) is 6.01. The first-order chi connectivity index (χ1) is 15.2. The van der Waals surface area contributed by atoms with E-state index in [0.29, 0.717) is 11.3 Å². The molecule has 0 aliphatic carbocycles. The summed E-state index contributed by atoms with van der Waals surface area (Å²) >= 11 is 0. The predicted octanol–water partition coefficient (Wildman–Crippen LogP) is 6.57. The number of methoxy groups -OCH3 is 1. The lowest BCUT2D eigenvalue weighted by molar-refractivity contribution is -0.274. The molecule has 0 bridgehead atoms. The van der Waals surface area contributed by atoms with Gasteiger partial charge in [-0.2, -0.15) is 0 Å². The van der Waals surface area contributed by atoms with Crippen molar-refractivity contribution in [1.82, 2.24) is 4.98 Å². The molecule has 1 aromatic heterocycles. The van der Waals surface area contributed by atoms with Gasteiger partial charge in [0.05, 0.1) is 36.8 Å². The maximum Gasteiger partial charge on any atom is 0.573 e. The number of nitrogens with zero attached hydrogens (tertiary/aromatic N) is 1. The minimum absolute atomic E-state index is 0.0268. The minimum Gasteiger partial charge on any atom is -0.496 e. The molecule has 1 N–H and O–H groups in total. The average Bonchev–Trinajstić information content (AvgIpc) is 2.68. The summed E-state index contributed by atoms with van der Waals surface area (Å²) in [6.07, 6.45) is -2.10. The standard InChI is InChI=1S/C24H35F3N2O3Si/c1-9-19(22(23(3,4)5)32-33(7)8)29-16-12-15(2)21(28-14-16)18-11-10-17(13-20(18)30-6)31-24(25,26)27/h10-14,19,22,29,33H,9H2,1-8H3/t19-,22?/m0/s1. The van der Waals surface area contributed by atoms with Crippen molar-refractivity contribution in [3.05, 3.63) is 36.0 Å². The van der Waals surface area contributed by atoms with Crippen molar-refractivity contribution in [2.45, 2.75) is 72.6 Å². The van der Waals surface area contributed by atoms with Crippen molar-refractivity contribution >= 4 is 14.7 Å². The first kappa shape index (κ1) is 27.0. The van der Waals surface area contributed by atoms with Crippen LogP contribution in [0, 0.1) is 12.3 Å². The van der Waals surface area contributed by atoms with Gasteiger partial charge in [-0.1, -0.05) is 27.7 Å². The number of alkyl halides is 3. The van der Waals surface area contributed by atoms with Crippen LogP contribution in [0.5, 0.6) is 11.5 Å². The van der Waals surface area contributed by atoms with Crippen LogP contribution in [-0.4, -0.2) is 39.6 Å². The van der Waals surface area contributed by atoms with Gasteiger partial charge in [0.25, 0.3) is 0 Å². The van der Waals surface area contributed by atoms with Crippen molar-refractivity contribution in [3.8, 4) is 22.8 Å². The Morgan fingerprint density at radius 2 is 1.79 bits per heavy atom. The molecule has 2 aromatic rings. The summed E-state index contributed by atoms with van der Waals surface area (Å²) in [7, 11) is 0.158. The summed E-state index contributed by atoms with van der Waals surface area (Å²) in [5, 5.41) is 3.58. The van der Waals surface area contributed by atoms with Crippen molar-refractivity contribution in [2.75, 3.05) is 12.4 Å². The Morgan fingerprint density at radius 3 is 2.27 bits per heavy atom. The zero-order valence-corrected chi connectivity index (χ0v) is 21.8. The molecule has 1 heterocycles. The van der Waals surface area contributed by atoms with E-state index in [2.05, 4.69) is 55.8 Å². The van der Waals surface area contributed by atoms with E-state index < -0.39 is 15.4 Å². The molecule has 1 aromatic carbocycles. The molecule has 0 spiro atoms. The smallest absolute Gasteiger partial charge is 0.496 e. The topological polar surface area (TPSA) is 52.6 Å². The van der Waals surface area contributed by atoms with Crippen molar-refractivity contribution in [2.24, 2.45) is 5.41 Å². The number of hydrogen-bond acceptors (Lipinski definition) is 5. The van der Waals surface area contributed by atoms with Crippen molar-refractivity contribution < 1.29 is 27.1 Å². The third kappa shape index (κ3) is 7.64. The Kier molecular flexibility index (Phi) is 8.81. The second-order valence-electron chi connectivity index (χ2n) is 9.43. The maximum atomic E-state index is 12.6. The van der Waals surface area contributed by atoms with E-state index in [-0.39, 0.29) is 29.1 Å². The molecule has 33 heavy (non-hydrogen) atoms. The second-order valence-corrected chi connectivity index (χ2v) is 11.8. The Labute approximate surface area is 196 Å². The Bertz CT molecular complexity index is 930. The molecule has 2 atom stereocenters. The molecule has 2 rings (SSSR count). The molecule has 0 saturated carbocycles. The maximum absolute atomic E-state index is 12.6. The van der Waals surface area contributed by atoms with Crippen LogP contribution in [0.3, 0.4) is 0 Å². The molecule has 0 aliphatic rings. The molecular weight excluding hydrogens is 449 g/mol. The summed E-state index contributed by atoms with van der Waals surface area (Å²) in [5.74, 6) is -0.0886. The van der Waals surface area contributed by atoms with Crippen LogP contribution in [0.15, 0.2) is 30.5 Å². The lowest BCUT2D eigenvalue weighted by Gasteiger charge is -2.39. The number of anilines is 1. The van der Waals surface area contributed by atoms with Gasteiger partial charge in [0.2, 0.25) is 0 Å². The fraction of sp³-hybridized carbons (Fsp3) is 0.542. The van der Waals surface area contributed by atoms with Gasteiger partial charge in [0.1, 0.15) is 11.5 Å². The van der Waals surface area contributed by atoms with E-state index in [0.717, 1.165) is 17.7 Å². The first-order valence-electron chi connectivity index (χ1n) is 11.1. The van der Waals surface area contributed by atoms with E-state index in [9.17, 15) is 13.2 Å². The van der Waals surface area contributed by atoms with Crippen LogP contribution in [0.1, 0.15) is 39.7 Å². The fourth-order valence-corrected chi connectivity index (χ4v) is 4.99. The highest BCUT2D eigenvalue weighted by Crippen LogP contribution is 2.36. The largest absolute Gasteiger partial charge is 0.573 e. The Hall–Kier alpha value is -2.26. The summed E-state index contributed by atoms with van der Waals surface area (Å²) in [5.41, 5.74) is 2.92. The van der Waals surface area contributed by atoms with Gasteiger partial charge in [0, 0.05) is 11.6 Å². The molecule has 0 radical (unpaired) electrons. The molecule has 184 valence electrons. The van der Waals surface area contributed by atoms with Crippen molar-refractivity contribution in [3.63, 3.8) is 0 Å². The van der Waals surface area contributed by atoms with Crippen LogP contribution in [0.4, 0.5) is 18.9 Å². The number of benzene rings is 1. The van der Waals surface area contributed by atoms with E-state index in [1.54, 1.807) is 6.20 Å². The van der Waals surface area contributed by atoms with E-state index >= 15 is 0 Å². The van der Waals surface area contributed by atoms with Gasteiger partial charge in [0.15, 0.2) is 9.04 Å². The van der Waals surface area contributed by atoms with Crippen LogP contribution in [-0.2, 0) is 4.43 Å². The number of ether oxygens (including phenoxy) is 2. The number of halogens is 3. The quantitative estimate of drug-likeness (QED) is 0.408. The van der Waals surface area contributed by atoms with Gasteiger partial charge in [-0.05, 0) is 55.6 Å². The molecule has 1 unspecified atom stereocenters. The zero-order valence-electron chi connectivity index (χ0n) is 20.6. The monoisotopic (exact) mass is 484 g/mol. The molecule has 0 amide bonds. The van der Waals surface area contributed by atoms with Gasteiger partial charge in [-0.25, -0.2) is 0 Å². The number of pyridine rings is 1. The number of aromatic nitrogens is 1. The minimum atomic E-state index is -4.77. The molecule has 0 aliphatic heterocycles. The summed E-state index contributed by atoms with van der Waals surface area (Å²) in [4.78, 5) is 4.59. The highest BCUT2D eigenvalue weighted by molar-refractivity contribution is 6.48. The summed E-state index contributed by atoms with van der Waals surface area (Å²) in [6, 6.07) is 6.09. The predicted molar refractivity (Wildman–Crippen MR) is 129 cm³/mol. The van der Waals surface area contributed by atoms with Gasteiger partial charge >= 0.3 is 6.36 Å². The van der Waals surface area contributed by atoms with Crippen LogP contribution in [0.2, 0.25) is 13.1 Å². The fourth-order valence-electron chi connectivity index (χ4n) is 3.80. The first-order valence-corrected chi connectivity index (χ1v) is 13.9. The van der Waals surface area contributed by atoms with E-state index in [4.69, 9.17) is 9.16 Å². The van der Waals surface area contributed by atoms with Crippen molar-refractivity contribution in [1.29, 1.82) is 0 Å². The molecular formula is C24H35F3N2O3Si. The van der Waals surface area contributed by atoms with Crippen LogP contribution >= 0.6 is 0 Å². The lowest BCUT2D eigenvalue weighted by atomic mass is 9.83. The number of aryl methyl sites for hydroxylation is 1. The lowest BCUT2D eigenvalue weighted by Crippen LogP contribution is -2.46. The zero-order chi connectivity index (χ0) is 25.0. The summed E-state index contributed by atoms with van der Waals surface area (Å²) < 4.78 is 53.4. The van der Waals surface area contributed by atoms with Crippen LogP contribution in [0.25, 0.3) is 11.3 Å². The van der Waals surface area contributed by atoms with Gasteiger partial charge in [-0.3, -0.25) is 4.98 Å². The molecule has 0 fully saturated rings. The Balaban J connectivity index is 2.32. The van der Waals surface area contributed by atoms with E-state index in [1.807, 2.05) is 13.0 Å². The van der Waals surface area contributed by atoms with Gasteiger partial charge < -0.3 is 19.2 Å². The second kappa shape index (κ2) is 10.8. The number of rotatable bonds is 9. The third-order valence-electron chi connectivity index (χ3n) is 5.17. The summed E-state index contributed by atoms with van der Waals surface area (Å²) in [6.45, 7) is 14.9. The SMILES string of the molecule is CC[C@H](Nc1cnc(-c2ccc(OC(F)(F)F)cc2OC)c(C)c1)C(O[SiH](C)C)C(C)(C)C. The molecule has 5 nitrogen and oxygen atoms in total. The highest BCUT2D eigenvalue weighted by Gasteiger charge is 2.33. The number of nitrogens with one attached hydrogen (secondary N) is 1. The van der Waals surface area contributed by atoms with Crippen LogP contribution < -0.4 is 14.8 Å².